The maximum atomic E-state index is 11.8. The van der Waals surface area contributed by atoms with Gasteiger partial charge >= 0.3 is 0 Å². The van der Waals surface area contributed by atoms with Crippen molar-refractivity contribution in [2.24, 2.45) is 5.92 Å². The second-order valence-electron chi connectivity index (χ2n) is 4.23. The Balaban J connectivity index is 2.51. The van der Waals surface area contributed by atoms with E-state index in [1.54, 1.807) is 12.1 Å². The Bertz CT molecular complexity index is 360. The van der Waals surface area contributed by atoms with E-state index in [1.165, 1.54) is 0 Å². The van der Waals surface area contributed by atoms with Gasteiger partial charge < -0.3 is 10.6 Å². The van der Waals surface area contributed by atoms with Crippen molar-refractivity contribution in [2.75, 3.05) is 18.4 Å². The fourth-order valence-corrected chi connectivity index (χ4v) is 1.63. The number of amides is 1. The maximum Gasteiger partial charge on any atom is 0.271 e. The zero-order valence-electron chi connectivity index (χ0n) is 11.4. The van der Waals surface area contributed by atoms with Crippen LogP contribution in [0.4, 0.5) is 5.82 Å². The van der Waals surface area contributed by atoms with Crippen LogP contribution in [0.15, 0.2) is 12.1 Å². The molecule has 0 spiro atoms. The number of hydrogen-bond donors (Lipinski definition) is 2. The van der Waals surface area contributed by atoms with E-state index in [1.807, 2.05) is 6.92 Å². The van der Waals surface area contributed by atoms with E-state index in [0.29, 0.717) is 24.0 Å². The molecule has 0 unspecified atom stereocenters. The lowest BCUT2D eigenvalue weighted by molar-refractivity contribution is 0.0940. The lowest BCUT2D eigenvalue weighted by Crippen LogP contribution is -2.29. The van der Waals surface area contributed by atoms with E-state index in [2.05, 4.69) is 34.7 Å². The second kappa shape index (κ2) is 7.63. The van der Waals surface area contributed by atoms with Crippen LogP contribution >= 0.6 is 0 Å². The Morgan fingerprint density at radius 2 is 1.94 bits per heavy atom. The molecule has 2 N–H and O–H groups in total. The first-order valence-corrected chi connectivity index (χ1v) is 6.57. The Labute approximate surface area is 108 Å². The highest BCUT2D eigenvalue weighted by Crippen LogP contribution is 2.06. The number of rotatable bonds is 7. The van der Waals surface area contributed by atoms with Gasteiger partial charge in [-0.05, 0) is 25.0 Å². The normalized spacial score (nSPS) is 10.4. The van der Waals surface area contributed by atoms with Crippen LogP contribution in [0.3, 0.4) is 0 Å². The topological polar surface area (TPSA) is 66.9 Å². The van der Waals surface area contributed by atoms with Gasteiger partial charge in [0.1, 0.15) is 5.82 Å². The Morgan fingerprint density at radius 1 is 1.22 bits per heavy atom. The molecule has 18 heavy (non-hydrogen) atoms. The molecule has 1 aromatic heterocycles. The van der Waals surface area contributed by atoms with Crippen molar-refractivity contribution < 1.29 is 4.79 Å². The van der Waals surface area contributed by atoms with Gasteiger partial charge in [0.05, 0.1) is 0 Å². The third-order valence-corrected chi connectivity index (χ3v) is 2.96. The predicted octanol–water partition coefficient (Wildman–Crippen LogP) is 2.07. The van der Waals surface area contributed by atoms with E-state index in [0.717, 1.165) is 19.4 Å². The van der Waals surface area contributed by atoms with Gasteiger partial charge in [0.25, 0.3) is 5.91 Å². The highest BCUT2D eigenvalue weighted by atomic mass is 16.1. The van der Waals surface area contributed by atoms with E-state index in [4.69, 9.17) is 0 Å². The van der Waals surface area contributed by atoms with Crippen LogP contribution < -0.4 is 10.6 Å². The molecule has 1 rings (SSSR count). The summed E-state index contributed by atoms with van der Waals surface area (Å²) in [4.78, 5) is 11.8. The highest BCUT2D eigenvalue weighted by Gasteiger charge is 2.10. The van der Waals surface area contributed by atoms with Crippen molar-refractivity contribution in [1.29, 1.82) is 0 Å². The quantitative estimate of drug-likeness (QED) is 0.777. The molecule has 0 aliphatic rings. The smallest absolute Gasteiger partial charge is 0.271 e. The molecule has 1 amide bonds. The molecule has 5 nitrogen and oxygen atoms in total. The first-order chi connectivity index (χ1) is 8.71. The van der Waals surface area contributed by atoms with Gasteiger partial charge in [0.15, 0.2) is 5.69 Å². The van der Waals surface area contributed by atoms with E-state index < -0.39 is 0 Å². The minimum Gasteiger partial charge on any atom is -0.369 e. The van der Waals surface area contributed by atoms with Crippen LogP contribution in [0.5, 0.6) is 0 Å². The van der Waals surface area contributed by atoms with Gasteiger partial charge in [-0.1, -0.05) is 26.7 Å². The summed E-state index contributed by atoms with van der Waals surface area (Å²) in [7, 11) is 0. The molecular weight excluding hydrogens is 228 g/mol. The number of anilines is 1. The van der Waals surface area contributed by atoms with Crippen LogP contribution in [0, 0.1) is 5.92 Å². The molecule has 0 aliphatic carbocycles. The molecule has 0 atom stereocenters. The molecule has 1 aromatic rings. The monoisotopic (exact) mass is 250 g/mol. The second-order valence-corrected chi connectivity index (χ2v) is 4.23. The summed E-state index contributed by atoms with van der Waals surface area (Å²) in [5.74, 6) is 1.06. The molecule has 0 saturated heterocycles. The van der Waals surface area contributed by atoms with Crippen LogP contribution in [0.1, 0.15) is 44.1 Å². The summed E-state index contributed by atoms with van der Waals surface area (Å²) >= 11 is 0. The molecule has 100 valence electrons. The summed E-state index contributed by atoms with van der Waals surface area (Å²) in [6, 6.07) is 3.45. The Hall–Kier alpha value is -1.65. The minimum absolute atomic E-state index is 0.155. The lowest BCUT2D eigenvalue weighted by atomic mass is 10.0. The van der Waals surface area contributed by atoms with E-state index >= 15 is 0 Å². The van der Waals surface area contributed by atoms with Crippen molar-refractivity contribution in [1.82, 2.24) is 15.5 Å². The van der Waals surface area contributed by atoms with Crippen molar-refractivity contribution in [3.05, 3.63) is 17.8 Å². The van der Waals surface area contributed by atoms with Crippen LogP contribution in [-0.2, 0) is 0 Å². The van der Waals surface area contributed by atoms with Gasteiger partial charge in [-0.3, -0.25) is 4.79 Å². The molecule has 0 aromatic carbocycles. The molecular formula is C13H22N4O. The van der Waals surface area contributed by atoms with Crippen molar-refractivity contribution in [3.8, 4) is 0 Å². The number of carbonyl (C=O) groups excluding carboxylic acids is 1. The molecule has 0 radical (unpaired) electrons. The first kappa shape index (κ1) is 14.4. The number of carbonyl (C=O) groups is 1. The zero-order chi connectivity index (χ0) is 13.4. The summed E-state index contributed by atoms with van der Waals surface area (Å²) in [6.07, 6.45) is 2.14. The molecule has 0 fully saturated rings. The molecule has 0 bridgehead atoms. The van der Waals surface area contributed by atoms with Gasteiger partial charge in [-0.15, -0.1) is 10.2 Å². The first-order valence-electron chi connectivity index (χ1n) is 6.57. The Kier molecular flexibility index (Phi) is 6.11. The lowest BCUT2D eigenvalue weighted by Gasteiger charge is -2.12. The number of hydrogen-bond acceptors (Lipinski definition) is 4. The van der Waals surface area contributed by atoms with E-state index in [-0.39, 0.29) is 5.91 Å². The summed E-state index contributed by atoms with van der Waals surface area (Å²) in [5.41, 5.74) is 0.364. The minimum atomic E-state index is -0.155. The Morgan fingerprint density at radius 3 is 2.44 bits per heavy atom. The highest BCUT2D eigenvalue weighted by molar-refractivity contribution is 5.92. The maximum absolute atomic E-state index is 11.8. The van der Waals surface area contributed by atoms with Gasteiger partial charge in [0, 0.05) is 13.1 Å². The van der Waals surface area contributed by atoms with Gasteiger partial charge in [-0.2, -0.15) is 0 Å². The standard InChI is InChI=1S/C13H22N4O/c1-4-10(5-2)9-15-13(18)11-7-8-12(14-6-3)17-16-11/h7-8,10H,4-6,9H2,1-3H3,(H,14,17)(H,15,18). The van der Waals surface area contributed by atoms with Crippen LogP contribution in [-0.4, -0.2) is 29.2 Å². The molecule has 0 saturated carbocycles. The summed E-state index contributed by atoms with van der Waals surface area (Å²) in [5, 5.41) is 13.8. The molecule has 1 heterocycles. The SMILES string of the molecule is CCNc1ccc(C(=O)NCC(CC)CC)nn1. The largest absolute Gasteiger partial charge is 0.369 e. The number of aromatic nitrogens is 2. The number of nitrogens with zero attached hydrogens (tertiary/aromatic N) is 2. The third-order valence-electron chi connectivity index (χ3n) is 2.96. The number of nitrogens with one attached hydrogen (secondary N) is 2. The van der Waals surface area contributed by atoms with Gasteiger partial charge in [-0.25, -0.2) is 0 Å². The van der Waals surface area contributed by atoms with Crippen LogP contribution in [0.2, 0.25) is 0 Å². The average molecular weight is 250 g/mol. The van der Waals surface area contributed by atoms with Crippen molar-refractivity contribution >= 4 is 11.7 Å². The zero-order valence-corrected chi connectivity index (χ0v) is 11.4. The van der Waals surface area contributed by atoms with Crippen molar-refractivity contribution in [3.63, 3.8) is 0 Å². The van der Waals surface area contributed by atoms with Crippen LogP contribution in [0.25, 0.3) is 0 Å². The summed E-state index contributed by atoms with van der Waals surface area (Å²) < 4.78 is 0. The fraction of sp³-hybridized carbons (Fsp3) is 0.615. The fourth-order valence-electron chi connectivity index (χ4n) is 1.63. The molecule has 5 heteroatoms. The van der Waals surface area contributed by atoms with Crippen molar-refractivity contribution in [2.45, 2.75) is 33.6 Å². The third kappa shape index (κ3) is 4.31. The molecule has 0 aliphatic heterocycles. The average Bonchev–Trinajstić information content (AvgIpc) is 2.41. The van der Waals surface area contributed by atoms with E-state index in [9.17, 15) is 4.79 Å². The van der Waals surface area contributed by atoms with Gasteiger partial charge in [0.2, 0.25) is 0 Å². The summed E-state index contributed by atoms with van der Waals surface area (Å²) in [6.45, 7) is 7.73. The predicted molar refractivity (Wildman–Crippen MR) is 72.6 cm³/mol.